The van der Waals surface area contributed by atoms with E-state index < -0.39 is 21.1 Å². The van der Waals surface area contributed by atoms with Crippen LogP contribution in [-0.4, -0.2) is 34.0 Å². The van der Waals surface area contributed by atoms with Gasteiger partial charge in [0.15, 0.2) is 9.84 Å². The fraction of sp³-hybridized carbons (Fsp3) is 0.318. The summed E-state index contributed by atoms with van der Waals surface area (Å²) in [6.07, 6.45) is 4.74. The summed E-state index contributed by atoms with van der Waals surface area (Å²) in [4.78, 5) is 25.2. The lowest BCUT2D eigenvalue weighted by Crippen LogP contribution is -2.30. The van der Waals surface area contributed by atoms with Crippen LogP contribution >= 0.6 is 11.6 Å². The highest BCUT2D eigenvalue weighted by atomic mass is 35.5. The number of hydrogen-bond acceptors (Lipinski definition) is 7. The van der Waals surface area contributed by atoms with E-state index in [0.717, 1.165) is 36.6 Å². The number of aryl methyl sites for hydroxylation is 1. The van der Waals surface area contributed by atoms with Gasteiger partial charge in [0, 0.05) is 6.07 Å². The molecule has 1 heterocycles. The largest absolute Gasteiger partial charge is 0.507 e. The van der Waals surface area contributed by atoms with Crippen molar-refractivity contribution >= 4 is 21.4 Å². The molecule has 2 N–H and O–H groups in total. The molecule has 1 aliphatic rings. The monoisotopic (exact) mass is 491 g/mol. The Bertz CT molecular complexity index is 1400. The van der Waals surface area contributed by atoms with Crippen LogP contribution < -0.4 is 16.0 Å². The minimum absolute atomic E-state index is 0.0145. The number of H-pyrrole nitrogens is 1. The number of hydrogen-bond donors (Lipinski definition) is 2. The predicted octanol–water partition coefficient (Wildman–Crippen LogP) is 3.34. The van der Waals surface area contributed by atoms with Crippen LogP contribution in [0.5, 0.6) is 17.2 Å². The van der Waals surface area contributed by atoms with Crippen LogP contribution in [0.25, 0.3) is 5.69 Å². The third kappa shape index (κ3) is 4.96. The molecule has 0 bridgehead atoms. The Hall–Kier alpha value is -3.11. The number of aromatic amines is 1. The smallest absolute Gasteiger partial charge is 0.349 e. The first-order valence-electron chi connectivity index (χ1n) is 10.4. The second-order valence-corrected chi connectivity index (χ2v) is 10.5. The van der Waals surface area contributed by atoms with Gasteiger partial charge in [0.25, 0.3) is 5.56 Å². The predicted molar refractivity (Wildman–Crippen MR) is 122 cm³/mol. The van der Waals surface area contributed by atoms with E-state index in [9.17, 15) is 23.1 Å². The van der Waals surface area contributed by atoms with Crippen molar-refractivity contribution < 1.29 is 18.3 Å². The average molecular weight is 492 g/mol. The van der Waals surface area contributed by atoms with Gasteiger partial charge in [-0.25, -0.2) is 13.2 Å². The number of nitrogens with one attached hydrogen (secondary N) is 1. The van der Waals surface area contributed by atoms with E-state index in [1.165, 1.54) is 24.3 Å². The van der Waals surface area contributed by atoms with Gasteiger partial charge >= 0.3 is 5.69 Å². The summed E-state index contributed by atoms with van der Waals surface area (Å²) in [6, 6.07) is 7.04. The maximum atomic E-state index is 12.9. The van der Waals surface area contributed by atoms with Crippen LogP contribution in [0.3, 0.4) is 0 Å². The van der Waals surface area contributed by atoms with Crippen molar-refractivity contribution in [3.63, 3.8) is 0 Å². The molecule has 0 spiro atoms. The summed E-state index contributed by atoms with van der Waals surface area (Å²) >= 11 is 6.38. The van der Waals surface area contributed by atoms with E-state index in [1.807, 2.05) is 0 Å². The molecule has 0 unspecified atom stereocenters. The highest BCUT2D eigenvalue weighted by Gasteiger charge is 2.27. The number of rotatable bonds is 6. The number of halogens is 1. The maximum absolute atomic E-state index is 12.9. The number of nitrogens with zero attached hydrogens (tertiary/aromatic N) is 2. The number of phenolic OH excluding ortho intramolecular Hbond substituents is 1. The Morgan fingerprint density at radius 2 is 1.94 bits per heavy atom. The molecular formula is C22H22ClN3O6S. The number of phenols is 1. The van der Waals surface area contributed by atoms with Gasteiger partial charge in [-0.05, 0) is 55.5 Å². The molecule has 4 rings (SSSR count). The molecule has 3 aromatic rings. The molecule has 174 valence electrons. The molecule has 0 aliphatic heterocycles. The van der Waals surface area contributed by atoms with E-state index in [0.29, 0.717) is 11.3 Å². The number of benzene rings is 2. The lowest BCUT2D eigenvalue weighted by atomic mass is 10.1. The van der Waals surface area contributed by atoms with E-state index in [-0.39, 0.29) is 38.8 Å². The average Bonchev–Trinajstić information content (AvgIpc) is 3.24. The lowest BCUT2D eigenvalue weighted by molar-refractivity contribution is 0.447. The third-order valence-electron chi connectivity index (χ3n) is 5.59. The quantitative estimate of drug-likeness (QED) is 0.540. The number of aromatic nitrogens is 3. The topological polar surface area (TPSA) is 131 Å². The molecule has 11 heteroatoms. The molecule has 9 nitrogen and oxygen atoms in total. The molecule has 1 aromatic heterocycles. The van der Waals surface area contributed by atoms with Gasteiger partial charge in [-0.3, -0.25) is 9.78 Å². The van der Waals surface area contributed by atoms with Crippen LogP contribution in [0, 0.1) is 12.8 Å². The second kappa shape index (κ2) is 9.03. The van der Waals surface area contributed by atoms with E-state index in [1.54, 1.807) is 13.0 Å². The molecule has 2 aromatic carbocycles. The van der Waals surface area contributed by atoms with Crippen molar-refractivity contribution in [2.75, 3.05) is 5.75 Å². The van der Waals surface area contributed by atoms with Gasteiger partial charge in [0.2, 0.25) is 0 Å². The Balaban J connectivity index is 1.65. The first kappa shape index (κ1) is 23.1. The lowest BCUT2D eigenvalue weighted by Gasteiger charge is -2.15. The van der Waals surface area contributed by atoms with Crippen molar-refractivity contribution in [2.45, 2.75) is 37.5 Å². The van der Waals surface area contributed by atoms with Gasteiger partial charge in [-0.1, -0.05) is 24.4 Å². The van der Waals surface area contributed by atoms with Gasteiger partial charge in [-0.15, -0.1) is 0 Å². The van der Waals surface area contributed by atoms with Crippen molar-refractivity contribution in [3.8, 4) is 22.9 Å². The molecule has 1 saturated carbocycles. The van der Waals surface area contributed by atoms with E-state index in [2.05, 4.69) is 10.1 Å². The fourth-order valence-corrected chi connectivity index (χ4v) is 6.12. The molecule has 33 heavy (non-hydrogen) atoms. The fourth-order valence-electron chi connectivity index (χ4n) is 4.00. The van der Waals surface area contributed by atoms with E-state index >= 15 is 0 Å². The Kier molecular flexibility index (Phi) is 6.31. The molecule has 0 amide bonds. The van der Waals surface area contributed by atoms with Gasteiger partial charge in [0.1, 0.15) is 28.3 Å². The Morgan fingerprint density at radius 1 is 1.21 bits per heavy atom. The second-order valence-electron chi connectivity index (χ2n) is 8.09. The van der Waals surface area contributed by atoms with Crippen LogP contribution in [0.2, 0.25) is 5.02 Å². The number of ether oxygens (including phenoxy) is 1. The Labute approximate surface area is 194 Å². The number of aromatic hydroxyl groups is 1. The summed E-state index contributed by atoms with van der Waals surface area (Å²) in [6.45, 7) is 1.69. The van der Waals surface area contributed by atoms with Crippen LogP contribution in [0.4, 0.5) is 0 Å². The summed E-state index contributed by atoms with van der Waals surface area (Å²) in [5, 5.41) is 14.1. The molecule has 0 radical (unpaired) electrons. The first-order valence-corrected chi connectivity index (χ1v) is 12.4. The van der Waals surface area contributed by atoms with Gasteiger partial charge in [0.05, 0.1) is 16.5 Å². The minimum Gasteiger partial charge on any atom is -0.507 e. The third-order valence-corrected chi connectivity index (χ3v) is 7.78. The summed E-state index contributed by atoms with van der Waals surface area (Å²) in [7, 11) is -3.70. The highest BCUT2D eigenvalue weighted by molar-refractivity contribution is 7.91. The normalized spacial score (nSPS) is 14.5. The van der Waals surface area contributed by atoms with Crippen molar-refractivity contribution in [1.29, 1.82) is 0 Å². The van der Waals surface area contributed by atoms with Crippen LogP contribution in [0.1, 0.15) is 31.2 Å². The molecule has 1 aliphatic carbocycles. The molecular weight excluding hydrogens is 470 g/mol. The Morgan fingerprint density at radius 3 is 2.61 bits per heavy atom. The SMILES string of the molecule is Cc1cc(-n2ncc(=O)[nH]c2=O)cc(Cl)c1Oc1ccc(O)c(S(=O)(=O)CC2CCCC2)c1. The number of sulfone groups is 1. The standard InChI is InChI=1S/C22H22ClN3O6S/c1-13-8-15(26-22(29)25-20(28)11-24-26)9-17(23)21(13)32-16-6-7-18(27)19(10-16)33(30,31)12-14-4-2-3-5-14/h6-11,14,27H,2-5,12H2,1H3,(H,25,28,29). The maximum Gasteiger partial charge on any atom is 0.349 e. The van der Waals surface area contributed by atoms with Crippen molar-refractivity contribution in [3.05, 3.63) is 68.0 Å². The zero-order valence-corrected chi connectivity index (χ0v) is 19.3. The molecule has 0 saturated heterocycles. The van der Waals surface area contributed by atoms with Crippen LogP contribution in [-0.2, 0) is 9.84 Å². The van der Waals surface area contributed by atoms with Crippen LogP contribution in [0.15, 0.2) is 51.0 Å². The van der Waals surface area contributed by atoms with E-state index in [4.69, 9.17) is 16.3 Å². The highest BCUT2D eigenvalue weighted by Crippen LogP contribution is 2.38. The van der Waals surface area contributed by atoms with Crippen molar-refractivity contribution in [1.82, 2.24) is 14.8 Å². The minimum atomic E-state index is -3.70. The van der Waals surface area contributed by atoms with Gasteiger partial charge < -0.3 is 9.84 Å². The zero-order chi connectivity index (χ0) is 23.8. The molecule has 0 atom stereocenters. The molecule has 1 fully saturated rings. The summed E-state index contributed by atoms with van der Waals surface area (Å²) in [5.41, 5.74) is -0.482. The van der Waals surface area contributed by atoms with Crippen molar-refractivity contribution in [2.24, 2.45) is 5.92 Å². The van der Waals surface area contributed by atoms with Gasteiger partial charge in [-0.2, -0.15) is 9.78 Å². The first-order chi connectivity index (χ1) is 15.6. The summed E-state index contributed by atoms with van der Waals surface area (Å²) < 4.78 is 32.6. The zero-order valence-electron chi connectivity index (χ0n) is 17.7. The summed E-state index contributed by atoms with van der Waals surface area (Å²) in [5.74, 6) is 0.187.